The number of hydrogen-bond acceptors (Lipinski definition) is 4. The van der Waals surface area contributed by atoms with Gasteiger partial charge < -0.3 is 25.8 Å². The summed E-state index contributed by atoms with van der Waals surface area (Å²) in [6.07, 6.45) is 2.12. The zero-order valence-corrected chi connectivity index (χ0v) is 20.8. The lowest BCUT2D eigenvalue weighted by Gasteiger charge is -2.40. The number of rotatable bonds is 7. The first-order chi connectivity index (χ1) is 17.3. The maximum atomic E-state index is 12.9. The van der Waals surface area contributed by atoms with Crippen molar-refractivity contribution in [1.29, 1.82) is 0 Å². The fourth-order valence-electron chi connectivity index (χ4n) is 4.69. The van der Waals surface area contributed by atoms with Gasteiger partial charge in [-0.3, -0.25) is 9.59 Å². The predicted octanol–water partition coefficient (Wildman–Crippen LogP) is 3.76. The number of nitrogens with one attached hydrogen (secondary N) is 3. The van der Waals surface area contributed by atoms with Gasteiger partial charge in [0.1, 0.15) is 0 Å². The number of likely N-dealkylation sites (tertiary alicyclic amines) is 1. The van der Waals surface area contributed by atoms with Crippen molar-refractivity contribution in [1.82, 2.24) is 15.1 Å². The third-order valence-corrected chi connectivity index (χ3v) is 6.91. The number of anilines is 2. The van der Waals surface area contributed by atoms with Gasteiger partial charge in [-0.15, -0.1) is 0 Å². The Morgan fingerprint density at radius 3 is 2.42 bits per heavy atom. The average molecular weight is 492 g/mol. The number of Topliss-reactive ketones (excluding diaryl/α,β-unsaturated/α-hetero) is 1. The minimum Gasteiger partial charge on any atom is -0.342 e. The Bertz CT molecular complexity index is 1130. The van der Waals surface area contributed by atoms with Crippen molar-refractivity contribution in [3.63, 3.8) is 0 Å². The SMILES string of the molecule is CCc1ccc(NC(=O)NC(CC(=O)N2CCC(N3Cc4ccccc4NC3=O)CC2)C(C)=O)cc1. The van der Waals surface area contributed by atoms with Crippen LogP contribution in [0, 0.1) is 0 Å². The predicted molar refractivity (Wildman–Crippen MR) is 138 cm³/mol. The van der Waals surface area contributed by atoms with Crippen molar-refractivity contribution in [2.75, 3.05) is 23.7 Å². The molecule has 0 spiro atoms. The average Bonchev–Trinajstić information content (AvgIpc) is 2.88. The summed E-state index contributed by atoms with van der Waals surface area (Å²) in [5.41, 5.74) is 3.69. The molecule has 2 aliphatic heterocycles. The number of nitrogens with zero attached hydrogens (tertiary/aromatic N) is 2. The first kappa shape index (κ1) is 25.2. The molecule has 1 fully saturated rings. The van der Waals surface area contributed by atoms with E-state index in [9.17, 15) is 19.2 Å². The molecule has 0 aromatic heterocycles. The molecule has 9 heteroatoms. The van der Waals surface area contributed by atoms with Gasteiger partial charge in [0, 0.05) is 37.1 Å². The van der Waals surface area contributed by atoms with E-state index in [0.29, 0.717) is 38.2 Å². The zero-order chi connectivity index (χ0) is 25.7. The van der Waals surface area contributed by atoms with Crippen molar-refractivity contribution < 1.29 is 19.2 Å². The number of aryl methyl sites for hydroxylation is 1. The number of piperidine rings is 1. The Labute approximate surface area is 211 Å². The van der Waals surface area contributed by atoms with E-state index < -0.39 is 12.1 Å². The van der Waals surface area contributed by atoms with Gasteiger partial charge in [-0.1, -0.05) is 37.3 Å². The van der Waals surface area contributed by atoms with Crippen LogP contribution in [-0.4, -0.2) is 58.7 Å². The quantitative estimate of drug-likeness (QED) is 0.548. The van der Waals surface area contributed by atoms with Gasteiger partial charge in [0.2, 0.25) is 5.91 Å². The van der Waals surface area contributed by atoms with Gasteiger partial charge in [0.15, 0.2) is 5.78 Å². The standard InChI is InChI=1S/C27H33N5O4/c1-3-19-8-10-21(11-9-19)28-26(35)29-24(18(2)33)16-25(34)31-14-12-22(13-15-31)32-17-20-6-4-5-7-23(20)30-27(32)36/h4-11,22,24H,3,12-17H2,1-2H3,(H,30,36)(H2,28,29,35). The maximum absolute atomic E-state index is 12.9. The fourth-order valence-corrected chi connectivity index (χ4v) is 4.69. The van der Waals surface area contributed by atoms with Crippen molar-refractivity contribution in [3.05, 3.63) is 59.7 Å². The number of para-hydroxylation sites is 1. The molecular formula is C27H33N5O4. The Morgan fingerprint density at radius 2 is 1.75 bits per heavy atom. The molecule has 9 nitrogen and oxygen atoms in total. The Kier molecular flexibility index (Phi) is 7.87. The summed E-state index contributed by atoms with van der Waals surface area (Å²) >= 11 is 0. The molecule has 0 aliphatic carbocycles. The highest BCUT2D eigenvalue weighted by atomic mass is 16.2. The first-order valence-corrected chi connectivity index (χ1v) is 12.4. The summed E-state index contributed by atoms with van der Waals surface area (Å²) in [4.78, 5) is 53.7. The highest BCUT2D eigenvalue weighted by Crippen LogP contribution is 2.27. The van der Waals surface area contributed by atoms with Gasteiger partial charge in [0.25, 0.3) is 0 Å². The minimum atomic E-state index is -0.908. The van der Waals surface area contributed by atoms with E-state index >= 15 is 0 Å². The second-order valence-electron chi connectivity index (χ2n) is 9.34. The van der Waals surface area contributed by atoms with Crippen LogP contribution in [0.4, 0.5) is 21.0 Å². The number of benzene rings is 2. The zero-order valence-electron chi connectivity index (χ0n) is 20.8. The summed E-state index contributed by atoms with van der Waals surface area (Å²) in [5.74, 6) is -0.465. The molecule has 0 saturated carbocycles. The van der Waals surface area contributed by atoms with Crippen LogP contribution in [-0.2, 0) is 22.6 Å². The number of ketones is 1. The lowest BCUT2D eigenvalue weighted by atomic mass is 10.00. The topological polar surface area (TPSA) is 111 Å². The molecule has 0 bridgehead atoms. The molecule has 4 rings (SSSR count). The van der Waals surface area contributed by atoms with Crippen LogP contribution in [0.25, 0.3) is 0 Å². The first-order valence-electron chi connectivity index (χ1n) is 12.4. The van der Waals surface area contributed by atoms with Crippen LogP contribution in [0.15, 0.2) is 48.5 Å². The van der Waals surface area contributed by atoms with E-state index in [1.807, 2.05) is 41.3 Å². The molecule has 2 aromatic carbocycles. The van der Waals surface area contributed by atoms with Crippen LogP contribution in [0.3, 0.4) is 0 Å². The highest BCUT2D eigenvalue weighted by Gasteiger charge is 2.33. The van der Waals surface area contributed by atoms with Gasteiger partial charge in [0.05, 0.1) is 12.5 Å². The Hall–Kier alpha value is -3.88. The number of amides is 5. The van der Waals surface area contributed by atoms with Gasteiger partial charge >= 0.3 is 12.1 Å². The summed E-state index contributed by atoms with van der Waals surface area (Å²) < 4.78 is 0. The molecule has 0 radical (unpaired) electrons. The van der Waals surface area contributed by atoms with E-state index in [-0.39, 0.29) is 30.2 Å². The van der Waals surface area contributed by atoms with E-state index in [4.69, 9.17) is 0 Å². The number of fused-ring (bicyclic) bond motifs is 1. The van der Waals surface area contributed by atoms with Crippen LogP contribution in [0.1, 0.15) is 44.2 Å². The van der Waals surface area contributed by atoms with Crippen molar-refractivity contribution in [2.24, 2.45) is 0 Å². The number of carbonyl (C=O) groups is 4. The molecule has 3 N–H and O–H groups in total. The fraction of sp³-hybridized carbons (Fsp3) is 0.407. The number of urea groups is 2. The van der Waals surface area contributed by atoms with Gasteiger partial charge in [-0.2, -0.15) is 0 Å². The Morgan fingerprint density at radius 1 is 1.06 bits per heavy atom. The van der Waals surface area contributed by atoms with Gasteiger partial charge in [-0.25, -0.2) is 9.59 Å². The van der Waals surface area contributed by atoms with E-state index in [2.05, 4.69) is 22.9 Å². The van der Waals surface area contributed by atoms with E-state index in [0.717, 1.165) is 23.2 Å². The normalized spacial score (nSPS) is 16.6. The van der Waals surface area contributed by atoms with Crippen molar-refractivity contribution >= 4 is 35.1 Å². The third-order valence-electron chi connectivity index (χ3n) is 6.91. The highest BCUT2D eigenvalue weighted by molar-refractivity contribution is 5.96. The van der Waals surface area contributed by atoms with E-state index in [1.165, 1.54) is 6.92 Å². The lowest BCUT2D eigenvalue weighted by molar-refractivity contribution is -0.135. The van der Waals surface area contributed by atoms with E-state index in [1.54, 1.807) is 17.0 Å². The molecule has 1 saturated heterocycles. The maximum Gasteiger partial charge on any atom is 0.322 e. The van der Waals surface area contributed by atoms with Crippen LogP contribution in [0.2, 0.25) is 0 Å². The largest absolute Gasteiger partial charge is 0.342 e. The van der Waals surface area contributed by atoms with Crippen LogP contribution in [0.5, 0.6) is 0 Å². The molecule has 190 valence electrons. The summed E-state index contributed by atoms with van der Waals surface area (Å²) in [5, 5.41) is 8.29. The monoisotopic (exact) mass is 491 g/mol. The lowest BCUT2D eigenvalue weighted by Crippen LogP contribution is -2.52. The molecule has 2 heterocycles. The summed E-state index contributed by atoms with van der Waals surface area (Å²) in [7, 11) is 0. The molecule has 2 aliphatic rings. The van der Waals surface area contributed by atoms with Gasteiger partial charge in [-0.05, 0) is 55.5 Å². The Balaban J connectivity index is 1.28. The molecule has 2 aromatic rings. The smallest absolute Gasteiger partial charge is 0.322 e. The molecule has 1 atom stereocenters. The number of hydrogen-bond donors (Lipinski definition) is 3. The second kappa shape index (κ2) is 11.2. The molecule has 5 amide bonds. The summed E-state index contributed by atoms with van der Waals surface area (Å²) in [6.45, 7) is 4.96. The molecule has 1 unspecified atom stereocenters. The number of carbonyl (C=O) groups excluding carboxylic acids is 4. The van der Waals surface area contributed by atoms with Crippen LogP contribution < -0.4 is 16.0 Å². The van der Waals surface area contributed by atoms with Crippen molar-refractivity contribution in [3.8, 4) is 0 Å². The molecule has 36 heavy (non-hydrogen) atoms. The third kappa shape index (κ3) is 6.02. The van der Waals surface area contributed by atoms with Crippen LogP contribution >= 0.6 is 0 Å². The summed E-state index contributed by atoms with van der Waals surface area (Å²) in [6, 6.07) is 13.7. The second-order valence-corrected chi connectivity index (χ2v) is 9.34. The minimum absolute atomic E-state index is 0.0361. The van der Waals surface area contributed by atoms with Crippen molar-refractivity contribution in [2.45, 2.75) is 58.2 Å². The molecular weight excluding hydrogens is 458 g/mol.